The molecule has 0 N–H and O–H groups in total. The summed E-state index contributed by atoms with van der Waals surface area (Å²) in [7, 11) is 1.68. The zero-order valence-electron chi connectivity index (χ0n) is 12.0. The van der Waals surface area contributed by atoms with Gasteiger partial charge in [-0.3, -0.25) is 0 Å². The number of imidazole rings is 1. The lowest BCUT2D eigenvalue weighted by Crippen LogP contribution is -2.16. The second-order valence-electron chi connectivity index (χ2n) is 5.39. The van der Waals surface area contributed by atoms with Crippen LogP contribution in [0.15, 0.2) is 18.2 Å². The Labute approximate surface area is 128 Å². The molecule has 0 aliphatic heterocycles. The van der Waals surface area contributed by atoms with Crippen molar-refractivity contribution in [2.24, 2.45) is 0 Å². The van der Waals surface area contributed by atoms with Gasteiger partial charge in [0.1, 0.15) is 17.1 Å². The van der Waals surface area contributed by atoms with Crippen molar-refractivity contribution in [1.29, 1.82) is 0 Å². The number of halogens is 1. The van der Waals surface area contributed by atoms with Crippen LogP contribution in [0.2, 0.25) is 0 Å². The van der Waals surface area contributed by atoms with Crippen LogP contribution in [-0.2, 0) is 6.54 Å². The molecule has 1 aliphatic carbocycles. The first kappa shape index (κ1) is 14.1. The van der Waals surface area contributed by atoms with Gasteiger partial charge in [0.15, 0.2) is 0 Å². The Balaban J connectivity index is 2.14. The molecule has 20 heavy (non-hydrogen) atoms. The number of fused-ring (bicyclic) bond motifs is 1. The topological polar surface area (TPSA) is 27.1 Å². The molecule has 0 radical (unpaired) electrons. The number of aromatic nitrogens is 2. The van der Waals surface area contributed by atoms with Crippen molar-refractivity contribution in [3.05, 3.63) is 24.0 Å². The molecule has 108 valence electrons. The van der Waals surface area contributed by atoms with Crippen LogP contribution in [0.25, 0.3) is 11.0 Å². The molecule has 1 saturated carbocycles. The molecule has 1 aromatic heterocycles. The van der Waals surface area contributed by atoms with Gasteiger partial charge in [-0.1, -0.05) is 6.07 Å². The fourth-order valence-electron chi connectivity index (χ4n) is 2.63. The van der Waals surface area contributed by atoms with Gasteiger partial charge < -0.3 is 9.30 Å². The summed E-state index contributed by atoms with van der Waals surface area (Å²) in [5.41, 5.74) is 2.03. The van der Waals surface area contributed by atoms with E-state index >= 15 is 0 Å². The Kier molecular flexibility index (Phi) is 3.63. The summed E-state index contributed by atoms with van der Waals surface area (Å²) < 4.78 is 8.07. The second kappa shape index (κ2) is 5.15. The lowest BCUT2D eigenvalue weighted by molar-refractivity contribution is 0.419. The van der Waals surface area contributed by atoms with Crippen molar-refractivity contribution in [3.63, 3.8) is 0 Å². The second-order valence-corrected chi connectivity index (χ2v) is 7.32. The predicted molar refractivity (Wildman–Crippen MR) is 86.0 cm³/mol. The monoisotopic (exact) mass is 310 g/mol. The van der Waals surface area contributed by atoms with Crippen LogP contribution in [-0.4, -0.2) is 27.7 Å². The van der Waals surface area contributed by atoms with Crippen molar-refractivity contribution in [2.75, 3.05) is 13.4 Å². The zero-order valence-corrected chi connectivity index (χ0v) is 13.6. The van der Waals surface area contributed by atoms with Crippen LogP contribution in [0.4, 0.5) is 0 Å². The molecule has 1 aromatic carbocycles. The van der Waals surface area contributed by atoms with E-state index in [1.807, 2.05) is 30.8 Å². The minimum Gasteiger partial charge on any atom is -0.494 e. The molecule has 0 spiro atoms. The van der Waals surface area contributed by atoms with Gasteiger partial charge in [-0.15, -0.1) is 11.6 Å². The first-order valence-corrected chi connectivity index (χ1v) is 8.49. The SMILES string of the molecule is COc1cccc2c1nc(C(C)Cl)n2CC1(SC)CC1. The Morgan fingerprint density at radius 1 is 1.50 bits per heavy atom. The lowest BCUT2D eigenvalue weighted by Gasteiger charge is -2.17. The fourth-order valence-corrected chi connectivity index (χ4v) is 3.56. The number of rotatable bonds is 5. The summed E-state index contributed by atoms with van der Waals surface area (Å²) in [6, 6.07) is 6.06. The van der Waals surface area contributed by atoms with E-state index < -0.39 is 0 Å². The van der Waals surface area contributed by atoms with E-state index in [2.05, 4.69) is 16.9 Å². The number of benzene rings is 1. The minimum atomic E-state index is -0.107. The van der Waals surface area contributed by atoms with Crippen LogP contribution in [0.5, 0.6) is 5.75 Å². The molecule has 1 unspecified atom stereocenters. The average Bonchev–Trinajstić information content (AvgIpc) is 3.13. The Morgan fingerprint density at radius 2 is 2.25 bits per heavy atom. The number of hydrogen-bond donors (Lipinski definition) is 0. The molecule has 1 fully saturated rings. The highest BCUT2D eigenvalue weighted by Crippen LogP contribution is 2.49. The van der Waals surface area contributed by atoms with Gasteiger partial charge >= 0.3 is 0 Å². The third kappa shape index (κ3) is 2.29. The van der Waals surface area contributed by atoms with Crippen LogP contribution in [0.1, 0.15) is 31.0 Å². The largest absolute Gasteiger partial charge is 0.494 e. The summed E-state index contributed by atoms with van der Waals surface area (Å²) >= 11 is 8.29. The number of hydrogen-bond acceptors (Lipinski definition) is 3. The van der Waals surface area contributed by atoms with E-state index in [0.29, 0.717) is 4.75 Å². The van der Waals surface area contributed by atoms with E-state index in [-0.39, 0.29) is 5.38 Å². The van der Waals surface area contributed by atoms with Gasteiger partial charge in [-0.2, -0.15) is 11.8 Å². The average molecular weight is 311 g/mol. The maximum Gasteiger partial charge on any atom is 0.146 e. The van der Waals surface area contributed by atoms with Crippen molar-refractivity contribution in [2.45, 2.75) is 36.4 Å². The van der Waals surface area contributed by atoms with E-state index in [1.54, 1.807) is 7.11 Å². The molecule has 2 aromatic rings. The highest BCUT2D eigenvalue weighted by Gasteiger charge is 2.43. The lowest BCUT2D eigenvalue weighted by atomic mass is 10.3. The highest BCUT2D eigenvalue weighted by atomic mass is 35.5. The number of ether oxygens (including phenoxy) is 1. The quantitative estimate of drug-likeness (QED) is 0.773. The molecular weight excluding hydrogens is 292 g/mol. The fraction of sp³-hybridized carbons (Fsp3) is 0.533. The smallest absolute Gasteiger partial charge is 0.146 e. The molecular formula is C15H19ClN2OS. The predicted octanol–water partition coefficient (Wildman–Crippen LogP) is 4.24. The molecule has 1 aliphatic rings. The summed E-state index contributed by atoms with van der Waals surface area (Å²) in [4.78, 5) is 4.73. The van der Waals surface area contributed by atoms with Crippen molar-refractivity contribution >= 4 is 34.4 Å². The van der Waals surface area contributed by atoms with E-state index in [0.717, 1.165) is 29.2 Å². The number of alkyl halides is 1. The van der Waals surface area contributed by atoms with Crippen molar-refractivity contribution < 1.29 is 4.74 Å². The molecule has 3 nitrogen and oxygen atoms in total. The highest BCUT2D eigenvalue weighted by molar-refractivity contribution is 8.00. The van der Waals surface area contributed by atoms with E-state index in [9.17, 15) is 0 Å². The maximum atomic E-state index is 6.34. The Morgan fingerprint density at radius 3 is 2.80 bits per heavy atom. The summed E-state index contributed by atoms with van der Waals surface area (Å²) in [5.74, 6) is 1.75. The molecule has 0 saturated heterocycles. The Hall–Kier alpha value is -0.870. The number of para-hydroxylation sites is 1. The molecule has 1 heterocycles. The first-order valence-electron chi connectivity index (χ1n) is 6.82. The maximum absolute atomic E-state index is 6.34. The normalized spacial score (nSPS) is 18.2. The first-order chi connectivity index (χ1) is 9.60. The summed E-state index contributed by atoms with van der Waals surface area (Å²) in [6.45, 7) is 2.95. The molecule has 0 amide bonds. The van der Waals surface area contributed by atoms with Crippen LogP contribution in [0, 0.1) is 0 Å². The zero-order chi connectivity index (χ0) is 14.3. The van der Waals surface area contributed by atoms with Crippen LogP contribution < -0.4 is 4.74 Å². The van der Waals surface area contributed by atoms with E-state index in [1.165, 1.54) is 12.8 Å². The van der Waals surface area contributed by atoms with Crippen molar-refractivity contribution in [1.82, 2.24) is 9.55 Å². The van der Waals surface area contributed by atoms with Crippen LogP contribution >= 0.6 is 23.4 Å². The van der Waals surface area contributed by atoms with Gasteiger partial charge in [0, 0.05) is 11.3 Å². The number of nitrogens with zero attached hydrogens (tertiary/aromatic N) is 2. The number of thioether (sulfide) groups is 1. The van der Waals surface area contributed by atoms with Gasteiger partial charge in [-0.05, 0) is 38.2 Å². The number of methoxy groups -OCH3 is 1. The molecule has 3 rings (SSSR count). The van der Waals surface area contributed by atoms with Gasteiger partial charge in [-0.25, -0.2) is 4.98 Å². The van der Waals surface area contributed by atoms with E-state index in [4.69, 9.17) is 21.3 Å². The summed E-state index contributed by atoms with van der Waals surface area (Å²) in [6.07, 6.45) is 4.73. The molecule has 5 heteroatoms. The third-order valence-corrected chi connectivity index (χ3v) is 5.63. The van der Waals surface area contributed by atoms with Gasteiger partial charge in [0.25, 0.3) is 0 Å². The molecule has 0 bridgehead atoms. The molecule has 1 atom stereocenters. The minimum absolute atomic E-state index is 0.107. The van der Waals surface area contributed by atoms with Crippen LogP contribution in [0.3, 0.4) is 0 Å². The third-order valence-electron chi connectivity index (χ3n) is 4.03. The van der Waals surface area contributed by atoms with Gasteiger partial charge in [0.2, 0.25) is 0 Å². The van der Waals surface area contributed by atoms with Crippen molar-refractivity contribution in [3.8, 4) is 5.75 Å². The Bertz CT molecular complexity index is 634. The standard InChI is InChI=1S/C15H19ClN2OS/c1-10(16)14-17-13-11(5-4-6-12(13)19-2)18(14)9-15(20-3)7-8-15/h4-6,10H,7-9H2,1-3H3. The summed E-state index contributed by atoms with van der Waals surface area (Å²) in [5, 5.41) is -0.107. The van der Waals surface area contributed by atoms with Gasteiger partial charge in [0.05, 0.1) is 18.0 Å².